The van der Waals surface area contributed by atoms with Crippen molar-refractivity contribution in [3.05, 3.63) is 52.3 Å². The zero-order valence-electron chi connectivity index (χ0n) is 12.5. The minimum atomic E-state index is 0.536. The number of halogens is 2. The van der Waals surface area contributed by atoms with Gasteiger partial charge in [0.25, 0.3) is 0 Å². The molecule has 0 spiro atoms. The standard InChI is InChI=1S/C17H14Cl2N4/c1-10-20-15-9-14(11-4-5-12(18)13(19)8-11)22-16(15)17(21-10)23-6-2-3-7-23/h2-5,8-9,22H,6-7H2,1H3. The Labute approximate surface area is 143 Å². The molecule has 0 fully saturated rings. The number of hydrogen-bond acceptors (Lipinski definition) is 3. The summed E-state index contributed by atoms with van der Waals surface area (Å²) in [6, 6.07) is 7.62. The predicted octanol–water partition coefficient (Wildman–Crippen LogP) is 4.62. The number of H-pyrrole nitrogens is 1. The van der Waals surface area contributed by atoms with Crippen molar-refractivity contribution in [2.24, 2.45) is 0 Å². The average Bonchev–Trinajstić information content (AvgIpc) is 3.18. The Morgan fingerprint density at radius 2 is 1.83 bits per heavy atom. The second kappa shape index (κ2) is 5.55. The second-order valence-electron chi connectivity index (χ2n) is 5.54. The first-order chi connectivity index (χ1) is 11.1. The lowest BCUT2D eigenvalue weighted by Crippen LogP contribution is -2.20. The Morgan fingerprint density at radius 1 is 1.04 bits per heavy atom. The van der Waals surface area contributed by atoms with Crippen molar-refractivity contribution in [2.75, 3.05) is 18.0 Å². The highest BCUT2D eigenvalue weighted by Crippen LogP contribution is 2.32. The van der Waals surface area contributed by atoms with Crippen LogP contribution in [0, 0.1) is 6.92 Å². The molecule has 1 aliphatic heterocycles. The number of benzene rings is 1. The first-order valence-corrected chi connectivity index (χ1v) is 8.10. The van der Waals surface area contributed by atoms with E-state index in [-0.39, 0.29) is 0 Å². The number of fused-ring (bicyclic) bond motifs is 1. The Balaban J connectivity index is 1.86. The van der Waals surface area contributed by atoms with Gasteiger partial charge in [-0.2, -0.15) is 0 Å². The van der Waals surface area contributed by atoms with Gasteiger partial charge in [-0.15, -0.1) is 0 Å². The summed E-state index contributed by atoms with van der Waals surface area (Å²) < 4.78 is 0. The highest BCUT2D eigenvalue weighted by Gasteiger charge is 2.17. The molecule has 2 aromatic heterocycles. The minimum absolute atomic E-state index is 0.536. The van der Waals surface area contributed by atoms with Gasteiger partial charge in [0, 0.05) is 18.8 Å². The molecule has 3 aromatic rings. The van der Waals surface area contributed by atoms with Gasteiger partial charge in [0.15, 0.2) is 5.82 Å². The number of aromatic amines is 1. The number of aromatic nitrogens is 3. The molecule has 0 radical (unpaired) electrons. The molecule has 0 amide bonds. The predicted molar refractivity (Wildman–Crippen MR) is 95.4 cm³/mol. The fraction of sp³-hybridized carbons (Fsp3) is 0.176. The van der Waals surface area contributed by atoms with E-state index in [0.29, 0.717) is 10.0 Å². The molecular weight excluding hydrogens is 331 g/mol. The molecule has 23 heavy (non-hydrogen) atoms. The quantitative estimate of drug-likeness (QED) is 0.690. The van der Waals surface area contributed by atoms with Crippen molar-refractivity contribution in [3.8, 4) is 11.3 Å². The van der Waals surface area contributed by atoms with Crippen molar-refractivity contribution in [1.29, 1.82) is 0 Å². The van der Waals surface area contributed by atoms with E-state index in [0.717, 1.165) is 47.0 Å². The summed E-state index contributed by atoms with van der Waals surface area (Å²) in [5.41, 5.74) is 3.77. The summed E-state index contributed by atoms with van der Waals surface area (Å²) in [7, 11) is 0. The molecule has 6 heteroatoms. The molecule has 116 valence electrons. The second-order valence-corrected chi connectivity index (χ2v) is 6.36. The fourth-order valence-corrected chi connectivity index (χ4v) is 3.11. The summed E-state index contributed by atoms with van der Waals surface area (Å²) >= 11 is 12.1. The van der Waals surface area contributed by atoms with Crippen molar-refractivity contribution >= 4 is 40.1 Å². The summed E-state index contributed by atoms with van der Waals surface area (Å²) in [4.78, 5) is 14.8. The van der Waals surface area contributed by atoms with Crippen LogP contribution in [0.4, 0.5) is 5.82 Å². The minimum Gasteiger partial charge on any atom is -0.350 e. The largest absolute Gasteiger partial charge is 0.350 e. The van der Waals surface area contributed by atoms with Gasteiger partial charge in [-0.1, -0.05) is 41.4 Å². The zero-order valence-corrected chi connectivity index (χ0v) is 14.0. The Hall–Kier alpha value is -2.04. The van der Waals surface area contributed by atoms with E-state index in [9.17, 15) is 0 Å². The van der Waals surface area contributed by atoms with Gasteiger partial charge >= 0.3 is 0 Å². The molecular formula is C17H14Cl2N4. The first kappa shape index (κ1) is 14.5. The van der Waals surface area contributed by atoms with Crippen LogP contribution in [-0.2, 0) is 0 Å². The van der Waals surface area contributed by atoms with Gasteiger partial charge in [-0.05, 0) is 30.7 Å². The van der Waals surface area contributed by atoms with Crippen LogP contribution in [0.25, 0.3) is 22.3 Å². The van der Waals surface area contributed by atoms with Gasteiger partial charge < -0.3 is 9.88 Å². The molecule has 1 aliphatic rings. The third kappa shape index (κ3) is 2.58. The fourth-order valence-electron chi connectivity index (χ4n) is 2.81. The normalized spacial score (nSPS) is 14.1. The van der Waals surface area contributed by atoms with Gasteiger partial charge in [0.1, 0.15) is 11.3 Å². The SMILES string of the molecule is Cc1nc(N2CC=CC2)c2[nH]c(-c3ccc(Cl)c(Cl)c3)cc2n1. The van der Waals surface area contributed by atoms with Gasteiger partial charge in [0.05, 0.1) is 15.6 Å². The maximum absolute atomic E-state index is 6.13. The number of anilines is 1. The molecule has 4 rings (SSSR count). The van der Waals surface area contributed by atoms with Crippen LogP contribution in [0.1, 0.15) is 5.82 Å². The molecule has 0 saturated carbocycles. The van der Waals surface area contributed by atoms with Crippen LogP contribution in [0.3, 0.4) is 0 Å². The molecule has 0 atom stereocenters. The maximum Gasteiger partial charge on any atom is 0.157 e. The van der Waals surface area contributed by atoms with Crippen LogP contribution >= 0.6 is 23.2 Å². The monoisotopic (exact) mass is 344 g/mol. The zero-order chi connectivity index (χ0) is 16.0. The Bertz CT molecular complexity index is 922. The van der Waals surface area contributed by atoms with Crippen LogP contribution in [0.5, 0.6) is 0 Å². The van der Waals surface area contributed by atoms with E-state index in [2.05, 4.69) is 32.0 Å². The molecule has 1 N–H and O–H groups in total. The third-order valence-corrected chi connectivity index (χ3v) is 4.66. The van der Waals surface area contributed by atoms with Gasteiger partial charge in [-0.3, -0.25) is 0 Å². The Morgan fingerprint density at radius 3 is 2.57 bits per heavy atom. The first-order valence-electron chi connectivity index (χ1n) is 7.34. The van der Waals surface area contributed by atoms with E-state index in [1.165, 1.54) is 0 Å². The van der Waals surface area contributed by atoms with Crippen molar-refractivity contribution < 1.29 is 0 Å². The molecule has 4 nitrogen and oxygen atoms in total. The highest BCUT2D eigenvalue weighted by molar-refractivity contribution is 6.42. The van der Waals surface area contributed by atoms with E-state index >= 15 is 0 Å². The van der Waals surface area contributed by atoms with Crippen LogP contribution in [0.15, 0.2) is 36.4 Å². The van der Waals surface area contributed by atoms with E-state index in [4.69, 9.17) is 23.2 Å². The molecule has 0 bridgehead atoms. The van der Waals surface area contributed by atoms with E-state index < -0.39 is 0 Å². The summed E-state index contributed by atoms with van der Waals surface area (Å²) in [6.07, 6.45) is 4.29. The van der Waals surface area contributed by atoms with E-state index in [1.54, 1.807) is 6.07 Å². The lowest BCUT2D eigenvalue weighted by Gasteiger charge is -2.17. The number of rotatable bonds is 2. The van der Waals surface area contributed by atoms with Crippen molar-refractivity contribution in [3.63, 3.8) is 0 Å². The van der Waals surface area contributed by atoms with Crippen LogP contribution in [0.2, 0.25) is 10.0 Å². The van der Waals surface area contributed by atoms with Crippen molar-refractivity contribution in [2.45, 2.75) is 6.92 Å². The topological polar surface area (TPSA) is 44.8 Å². The third-order valence-electron chi connectivity index (χ3n) is 3.92. The van der Waals surface area contributed by atoms with E-state index in [1.807, 2.05) is 25.1 Å². The molecule has 0 aliphatic carbocycles. The maximum atomic E-state index is 6.13. The highest BCUT2D eigenvalue weighted by atomic mass is 35.5. The summed E-state index contributed by atoms with van der Waals surface area (Å²) in [5, 5.41) is 1.08. The smallest absolute Gasteiger partial charge is 0.157 e. The number of nitrogens with zero attached hydrogens (tertiary/aromatic N) is 3. The number of nitrogens with one attached hydrogen (secondary N) is 1. The average molecular weight is 345 g/mol. The van der Waals surface area contributed by atoms with Crippen LogP contribution < -0.4 is 4.90 Å². The Kier molecular flexibility index (Phi) is 3.51. The lowest BCUT2D eigenvalue weighted by atomic mass is 10.1. The molecule has 0 unspecified atom stereocenters. The number of aryl methyl sites for hydroxylation is 1. The van der Waals surface area contributed by atoms with Gasteiger partial charge in [-0.25, -0.2) is 9.97 Å². The van der Waals surface area contributed by atoms with Crippen LogP contribution in [-0.4, -0.2) is 28.0 Å². The molecule has 1 aromatic carbocycles. The molecule has 3 heterocycles. The van der Waals surface area contributed by atoms with Gasteiger partial charge in [0.2, 0.25) is 0 Å². The lowest BCUT2D eigenvalue weighted by molar-refractivity contribution is 0.948. The molecule has 0 saturated heterocycles. The summed E-state index contributed by atoms with van der Waals surface area (Å²) in [5.74, 6) is 1.70. The number of hydrogen-bond donors (Lipinski definition) is 1. The van der Waals surface area contributed by atoms with Crippen molar-refractivity contribution in [1.82, 2.24) is 15.0 Å². The summed E-state index contributed by atoms with van der Waals surface area (Å²) in [6.45, 7) is 3.65.